The summed E-state index contributed by atoms with van der Waals surface area (Å²) < 4.78 is 7.37. The van der Waals surface area contributed by atoms with Gasteiger partial charge in [0.05, 0.1) is 25.5 Å². The van der Waals surface area contributed by atoms with E-state index in [2.05, 4.69) is 26.6 Å². The van der Waals surface area contributed by atoms with Gasteiger partial charge in [0.2, 0.25) is 11.8 Å². The van der Waals surface area contributed by atoms with Crippen LogP contribution >= 0.6 is 15.9 Å². The Labute approximate surface area is 293 Å². The van der Waals surface area contributed by atoms with Gasteiger partial charge in [-0.3, -0.25) is 19.2 Å². The molecule has 0 spiro atoms. The second kappa shape index (κ2) is 14.9. The number of benzene rings is 4. The number of aromatic nitrogens is 1. The van der Waals surface area contributed by atoms with E-state index in [9.17, 15) is 24.3 Å². The number of amides is 2. The van der Waals surface area contributed by atoms with Gasteiger partial charge in [0.1, 0.15) is 17.5 Å². The molecule has 0 aliphatic heterocycles. The number of nitrogens with zero attached hydrogens (tertiary/aromatic N) is 1. The van der Waals surface area contributed by atoms with Gasteiger partial charge >= 0.3 is 5.97 Å². The summed E-state index contributed by atoms with van der Waals surface area (Å²) in [5, 5.41) is 17.4. The van der Waals surface area contributed by atoms with Gasteiger partial charge in [-0.05, 0) is 87.4 Å². The van der Waals surface area contributed by atoms with Gasteiger partial charge in [0, 0.05) is 17.1 Å². The summed E-state index contributed by atoms with van der Waals surface area (Å²) in [7, 11) is 1.58. The first kappa shape index (κ1) is 35.1. The molecule has 252 valence electrons. The first-order valence-electron chi connectivity index (χ1n) is 15.8. The average molecular weight is 725 g/mol. The van der Waals surface area contributed by atoms with Crippen LogP contribution in [-0.4, -0.2) is 40.6 Å². The third kappa shape index (κ3) is 8.26. The molecule has 0 bridgehead atoms. The van der Waals surface area contributed by atoms with Crippen molar-refractivity contribution in [3.8, 4) is 5.75 Å². The van der Waals surface area contributed by atoms with Crippen molar-refractivity contribution in [2.75, 3.05) is 12.4 Å². The summed E-state index contributed by atoms with van der Waals surface area (Å²) in [6, 6.07) is 26.9. The normalized spacial score (nSPS) is 11.9. The fraction of sp³-hybridized carbons (Fsp3) is 0.231. The van der Waals surface area contributed by atoms with Gasteiger partial charge < -0.3 is 25.0 Å². The predicted octanol–water partition coefficient (Wildman–Crippen LogP) is 6.40. The van der Waals surface area contributed by atoms with Crippen LogP contribution < -0.4 is 20.9 Å². The van der Waals surface area contributed by atoms with Crippen molar-refractivity contribution in [2.45, 2.75) is 51.6 Å². The van der Waals surface area contributed by atoms with E-state index in [0.717, 1.165) is 21.9 Å². The minimum atomic E-state index is -1.10. The molecular formula is C39H38BrN3O6. The zero-order valence-electron chi connectivity index (χ0n) is 27.7. The zero-order valence-corrected chi connectivity index (χ0v) is 29.3. The van der Waals surface area contributed by atoms with Gasteiger partial charge in [-0.2, -0.15) is 0 Å². The molecule has 1 aromatic heterocycles. The van der Waals surface area contributed by atoms with E-state index in [1.54, 1.807) is 58.3 Å². The number of pyridine rings is 1. The Kier molecular flexibility index (Phi) is 10.7. The molecule has 4 aromatic carbocycles. The average Bonchev–Trinajstić information content (AvgIpc) is 3.09. The molecule has 1 atom stereocenters. The number of anilines is 1. The maximum Gasteiger partial charge on any atom is 0.313 e. The molecule has 49 heavy (non-hydrogen) atoms. The van der Waals surface area contributed by atoms with Crippen LogP contribution in [0.2, 0.25) is 0 Å². The van der Waals surface area contributed by atoms with Crippen molar-refractivity contribution < 1.29 is 24.2 Å². The van der Waals surface area contributed by atoms with Crippen molar-refractivity contribution in [3.05, 3.63) is 140 Å². The highest BCUT2D eigenvalue weighted by Crippen LogP contribution is 2.25. The molecule has 0 saturated heterocycles. The van der Waals surface area contributed by atoms with Crippen LogP contribution in [0.25, 0.3) is 10.8 Å². The number of carbonyl (C=O) groups is 3. The Morgan fingerprint density at radius 1 is 0.898 bits per heavy atom. The number of methoxy groups -OCH3 is 1. The monoisotopic (exact) mass is 723 g/mol. The smallest absolute Gasteiger partial charge is 0.313 e. The molecule has 0 aliphatic carbocycles. The standard InChI is InChI=1S/C39H38BrN3O6/c1-24-32(40)23-43(22-26-12-17-31(49-4)18-13-26)37(46)35(24)42-36(45)33(20-25-10-15-30(16-11-25)39(2,3)38(47)48)41-34(44)21-27-9-14-28-7-5-6-8-29(28)19-27/h5-19,23,33H,20-22H2,1-4H3,(H,41,44)(H,42,45)(H,47,48). The Morgan fingerprint density at radius 3 is 2.18 bits per heavy atom. The van der Waals surface area contributed by atoms with E-state index in [1.807, 2.05) is 66.7 Å². The van der Waals surface area contributed by atoms with Gasteiger partial charge in [-0.1, -0.05) is 78.9 Å². The quantitative estimate of drug-likeness (QED) is 0.137. The molecule has 0 saturated carbocycles. The second-order valence-corrected chi connectivity index (χ2v) is 13.4. The van der Waals surface area contributed by atoms with Gasteiger partial charge in [0.25, 0.3) is 5.56 Å². The Balaban J connectivity index is 1.41. The van der Waals surface area contributed by atoms with Gasteiger partial charge in [-0.15, -0.1) is 0 Å². The summed E-state index contributed by atoms with van der Waals surface area (Å²) in [6.45, 7) is 5.23. The lowest BCUT2D eigenvalue weighted by atomic mass is 9.84. The predicted molar refractivity (Wildman–Crippen MR) is 194 cm³/mol. The summed E-state index contributed by atoms with van der Waals surface area (Å²) in [4.78, 5) is 52.9. The summed E-state index contributed by atoms with van der Waals surface area (Å²) in [5.41, 5.74) is 2.11. The fourth-order valence-electron chi connectivity index (χ4n) is 5.52. The van der Waals surface area contributed by atoms with Crippen LogP contribution in [0.5, 0.6) is 5.75 Å². The van der Waals surface area contributed by atoms with Crippen molar-refractivity contribution in [2.24, 2.45) is 0 Å². The number of hydrogen-bond acceptors (Lipinski definition) is 5. The second-order valence-electron chi connectivity index (χ2n) is 12.6. The molecule has 5 aromatic rings. The number of rotatable bonds is 12. The summed E-state index contributed by atoms with van der Waals surface area (Å²) in [5.74, 6) is -1.18. The highest BCUT2D eigenvalue weighted by Gasteiger charge is 2.30. The number of carboxylic acid groups (broad SMARTS) is 1. The topological polar surface area (TPSA) is 127 Å². The first-order valence-corrected chi connectivity index (χ1v) is 16.6. The van der Waals surface area contributed by atoms with Crippen LogP contribution in [0, 0.1) is 6.92 Å². The lowest BCUT2D eigenvalue weighted by Crippen LogP contribution is -2.46. The Morgan fingerprint density at radius 2 is 1.53 bits per heavy atom. The van der Waals surface area contributed by atoms with Crippen LogP contribution in [0.15, 0.2) is 106 Å². The van der Waals surface area contributed by atoms with Crippen molar-refractivity contribution in [1.82, 2.24) is 9.88 Å². The molecular weight excluding hydrogens is 686 g/mol. The summed E-state index contributed by atoms with van der Waals surface area (Å²) >= 11 is 3.53. The molecule has 1 unspecified atom stereocenters. The number of aliphatic carboxylic acids is 1. The van der Waals surface area contributed by atoms with E-state index in [0.29, 0.717) is 26.9 Å². The number of halogens is 1. The molecule has 9 nitrogen and oxygen atoms in total. The molecule has 2 amide bonds. The van der Waals surface area contributed by atoms with E-state index < -0.39 is 28.9 Å². The number of fused-ring (bicyclic) bond motifs is 1. The van der Waals surface area contributed by atoms with E-state index in [4.69, 9.17) is 4.74 Å². The Hall–Kier alpha value is -5.22. The van der Waals surface area contributed by atoms with E-state index in [-0.39, 0.29) is 31.0 Å². The van der Waals surface area contributed by atoms with Crippen molar-refractivity contribution in [3.63, 3.8) is 0 Å². The number of ether oxygens (including phenoxy) is 1. The number of nitrogens with one attached hydrogen (secondary N) is 2. The van der Waals surface area contributed by atoms with Crippen LogP contribution in [-0.2, 0) is 39.2 Å². The van der Waals surface area contributed by atoms with Crippen LogP contribution in [0.1, 0.15) is 41.7 Å². The molecule has 10 heteroatoms. The number of carboxylic acids is 1. The molecule has 0 fully saturated rings. The van der Waals surface area contributed by atoms with Gasteiger partial charge in [0.15, 0.2) is 0 Å². The largest absolute Gasteiger partial charge is 0.497 e. The molecule has 0 aliphatic rings. The molecule has 3 N–H and O–H groups in total. The summed E-state index contributed by atoms with van der Waals surface area (Å²) in [6.07, 6.45) is 1.83. The SMILES string of the molecule is COc1ccc(Cn2cc(Br)c(C)c(NC(=O)C(Cc3ccc(C(C)(C)C(=O)O)cc3)NC(=O)Cc3ccc4ccccc4c3)c2=O)cc1. The maximum atomic E-state index is 14.0. The molecule has 0 radical (unpaired) electrons. The lowest BCUT2D eigenvalue weighted by Gasteiger charge is -2.22. The Bertz CT molecular complexity index is 2070. The molecule has 5 rings (SSSR count). The highest BCUT2D eigenvalue weighted by molar-refractivity contribution is 9.10. The van der Waals surface area contributed by atoms with E-state index >= 15 is 0 Å². The molecule has 1 heterocycles. The third-order valence-electron chi connectivity index (χ3n) is 8.72. The van der Waals surface area contributed by atoms with Crippen LogP contribution in [0.3, 0.4) is 0 Å². The zero-order chi connectivity index (χ0) is 35.3. The minimum absolute atomic E-state index is 0.0466. The highest BCUT2D eigenvalue weighted by atomic mass is 79.9. The van der Waals surface area contributed by atoms with E-state index in [1.165, 1.54) is 4.57 Å². The van der Waals surface area contributed by atoms with Gasteiger partial charge in [-0.25, -0.2) is 0 Å². The number of hydrogen-bond donors (Lipinski definition) is 3. The number of carbonyl (C=O) groups excluding carboxylic acids is 2. The first-order chi connectivity index (χ1) is 23.3. The fourth-order valence-corrected chi connectivity index (χ4v) is 5.97. The maximum absolute atomic E-state index is 14.0. The van der Waals surface area contributed by atoms with Crippen LogP contribution in [0.4, 0.5) is 5.69 Å². The third-order valence-corrected chi connectivity index (χ3v) is 9.52. The lowest BCUT2D eigenvalue weighted by molar-refractivity contribution is -0.142. The van der Waals surface area contributed by atoms with Crippen molar-refractivity contribution >= 4 is 50.2 Å². The van der Waals surface area contributed by atoms with Crippen molar-refractivity contribution in [1.29, 1.82) is 0 Å². The minimum Gasteiger partial charge on any atom is -0.497 e.